The normalized spacial score (nSPS) is 15.7. The number of halogens is 4. The first-order valence-corrected chi connectivity index (χ1v) is 9.69. The van der Waals surface area contributed by atoms with Gasteiger partial charge < -0.3 is 14.4 Å². The molecular weight excluding hydrogens is 421 g/mol. The zero-order chi connectivity index (χ0) is 21.5. The van der Waals surface area contributed by atoms with Crippen LogP contribution in [0.25, 0.3) is 11.0 Å². The molecule has 0 radical (unpaired) electrons. The Labute approximate surface area is 175 Å². The van der Waals surface area contributed by atoms with Gasteiger partial charge in [0, 0.05) is 44.2 Å². The lowest BCUT2D eigenvalue weighted by Crippen LogP contribution is -2.46. The molecule has 1 aliphatic rings. The van der Waals surface area contributed by atoms with E-state index in [4.69, 9.17) is 21.1 Å². The Morgan fingerprint density at radius 3 is 2.50 bits per heavy atom. The van der Waals surface area contributed by atoms with Crippen LogP contribution in [0.5, 0.6) is 0 Å². The number of hydrogen-bond donors (Lipinski definition) is 1. The van der Waals surface area contributed by atoms with E-state index in [1.54, 1.807) is 18.2 Å². The second-order valence-corrected chi connectivity index (χ2v) is 7.57. The first kappa shape index (κ1) is 20.6. The van der Waals surface area contributed by atoms with E-state index < -0.39 is 17.7 Å². The molecule has 158 valence electrons. The Bertz CT molecular complexity index is 1090. The number of carboxylic acids is 1. The number of hydrogen-bond acceptors (Lipinski definition) is 4. The van der Waals surface area contributed by atoms with Crippen LogP contribution in [-0.2, 0) is 12.7 Å². The van der Waals surface area contributed by atoms with E-state index in [2.05, 4.69) is 9.80 Å². The monoisotopic (exact) mass is 438 g/mol. The van der Waals surface area contributed by atoms with Crippen LogP contribution in [0.3, 0.4) is 0 Å². The van der Waals surface area contributed by atoms with Crippen LogP contribution < -0.4 is 4.90 Å². The summed E-state index contributed by atoms with van der Waals surface area (Å²) in [6.45, 7) is 3.06. The molecule has 2 heterocycles. The van der Waals surface area contributed by atoms with Crippen LogP contribution in [0.2, 0.25) is 5.02 Å². The topological polar surface area (TPSA) is 56.9 Å². The third-order valence-electron chi connectivity index (χ3n) is 5.20. The minimum absolute atomic E-state index is 0.171. The standard InChI is InChI=1S/C21H18ClF3N2O3/c22-19-15-11-18(20(28)29)30-17(15)5-4-16(19)27-8-6-26(7-9-27)12-13-2-1-3-14(10-13)21(23,24)25/h1-5,10-11H,6-9,12H2,(H,28,29). The van der Waals surface area contributed by atoms with Crippen LogP contribution in [-0.4, -0.2) is 42.2 Å². The molecule has 0 atom stereocenters. The van der Waals surface area contributed by atoms with Gasteiger partial charge in [-0.15, -0.1) is 0 Å². The summed E-state index contributed by atoms with van der Waals surface area (Å²) < 4.78 is 44.0. The number of alkyl halides is 3. The zero-order valence-electron chi connectivity index (χ0n) is 15.7. The quantitative estimate of drug-likeness (QED) is 0.612. The molecule has 5 nitrogen and oxygen atoms in total. The lowest BCUT2D eigenvalue weighted by atomic mass is 10.1. The molecule has 0 bridgehead atoms. The molecule has 1 saturated heterocycles. The molecule has 0 amide bonds. The number of anilines is 1. The second-order valence-electron chi connectivity index (χ2n) is 7.19. The van der Waals surface area contributed by atoms with Gasteiger partial charge in [-0.05, 0) is 23.8 Å². The molecule has 2 aromatic carbocycles. The van der Waals surface area contributed by atoms with Crippen molar-refractivity contribution in [1.29, 1.82) is 0 Å². The van der Waals surface area contributed by atoms with Gasteiger partial charge in [0.25, 0.3) is 0 Å². The minimum atomic E-state index is -4.35. The zero-order valence-corrected chi connectivity index (χ0v) is 16.5. The van der Waals surface area contributed by atoms with Gasteiger partial charge in [0.1, 0.15) is 5.58 Å². The maximum atomic E-state index is 12.9. The van der Waals surface area contributed by atoms with Crippen molar-refractivity contribution in [3.63, 3.8) is 0 Å². The fourth-order valence-electron chi connectivity index (χ4n) is 3.67. The first-order chi connectivity index (χ1) is 14.2. The van der Waals surface area contributed by atoms with E-state index in [0.717, 1.165) is 11.8 Å². The van der Waals surface area contributed by atoms with E-state index >= 15 is 0 Å². The predicted octanol–water partition coefficient (Wildman–Crippen LogP) is 5.13. The molecule has 0 unspecified atom stereocenters. The molecule has 9 heteroatoms. The van der Waals surface area contributed by atoms with E-state index in [0.29, 0.717) is 54.3 Å². The van der Waals surface area contributed by atoms with Gasteiger partial charge in [-0.3, -0.25) is 4.90 Å². The summed E-state index contributed by atoms with van der Waals surface area (Å²) in [5.74, 6) is -1.33. The second kappa shape index (κ2) is 7.85. The summed E-state index contributed by atoms with van der Waals surface area (Å²) in [7, 11) is 0. The average Bonchev–Trinajstić information content (AvgIpc) is 3.14. The van der Waals surface area contributed by atoms with Crippen LogP contribution in [0.1, 0.15) is 21.7 Å². The van der Waals surface area contributed by atoms with Gasteiger partial charge in [-0.2, -0.15) is 13.2 Å². The van der Waals surface area contributed by atoms with Crippen molar-refractivity contribution in [2.24, 2.45) is 0 Å². The number of aromatic carboxylic acids is 1. The number of piperazine rings is 1. The molecule has 0 saturated carbocycles. The molecule has 1 N–H and O–H groups in total. The van der Waals surface area contributed by atoms with Crippen molar-refractivity contribution in [3.05, 3.63) is 64.4 Å². The van der Waals surface area contributed by atoms with Gasteiger partial charge in [-0.1, -0.05) is 29.8 Å². The summed E-state index contributed by atoms with van der Waals surface area (Å²) in [5, 5.41) is 10.1. The highest BCUT2D eigenvalue weighted by Crippen LogP contribution is 2.36. The van der Waals surface area contributed by atoms with E-state index in [9.17, 15) is 18.0 Å². The molecule has 1 fully saturated rings. The highest BCUT2D eigenvalue weighted by Gasteiger charge is 2.30. The molecule has 1 aliphatic heterocycles. The number of nitrogens with zero attached hydrogens (tertiary/aromatic N) is 2. The molecule has 0 aliphatic carbocycles. The lowest BCUT2D eigenvalue weighted by molar-refractivity contribution is -0.137. The predicted molar refractivity (Wildman–Crippen MR) is 107 cm³/mol. The maximum absolute atomic E-state index is 12.9. The van der Waals surface area contributed by atoms with Crippen LogP contribution in [0, 0.1) is 0 Å². The Balaban J connectivity index is 1.45. The SMILES string of the molecule is O=C(O)c1cc2c(Cl)c(N3CCN(Cc4cccc(C(F)(F)F)c4)CC3)ccc2o1. The number of furan rings is 1. The van der Waals surface area contributed by atoms with Crippen molar-refractivity contribution in [3.8, 4) is 0 Å². The molecule has 4 rings (SSSR count). The Morgan fingerprint density at radius 2 is 1.83 bits per heavy atom. The van der Waals surface area contributed by atoms with Crippen LogP contribution in [0.4, 0.5) is 18.9 Å². The van der Waals surface area contributed by atoms with Crippen LogP contribution >= 0.6 is 11.6 Å². The van der Waals surface area contributed by atoms with Crippen molar-refractivity contribution in [2.75, 3.05) is 31.1 Å². The summed E-state index contributed by atoms with van der Waals surface area (Å²) >= 11 is 6.50. The summed E-state index contributed by atoms with van der Waals surface area (Å²) in [5.41, 5.74) is 1.17. The number of fused-ring (bicyclic) bond motifs is 1. The fourth-order valence-corrected chi connectivity index (χ4v) is 4.00. The van der Waals surface area contributed by atoms with Crippen molar-refractivity contribution in [2.45, 2.75) is 12.7 Å². The third-order valence-corrected chi connectivity index (χ3v) is 5.60. The van der Waals surface area contributed by atoms with Crippen molar-refractivity contribution >= 4 is 34.2 Å². The smallest absolute Gasteiger partial charge is 0.416 e. The van der Waals surface area contributed by atoms with Crippen molar-refractivity contribution < 1.29 is 27.5 Å². The van der Waals surface area contributed by atoms with Crippen molar-refractivity contribution in [1.82, 2.24) is 4.90 Å². The maximum Gasteiger partial charge on any atom is 0.416 e. The number of carbonyl (C=O) groups is 1. The first-order valence-electron chi connectivity index (χ1n) is 9.31. The number of carboxylic acid groups (broad SMARTS) is 1. The van der Waals surface area contributed by atoms with Crippen LogP contribution in [0.15, 0.2) is 46.9 Å². The molecule has 3 aromatic rings. The molecule has 1 aromatic heterocycles. The largest absolute Gasteiger partial charge is 0.475 e. The third kappa shape index (κ3) is 4.11. The average molecular weight is 439 g/mol. The molecule has 0 spiro atoms. The highest BCUT2D eigenvalue weighted by atomic mass is 35.5. The van der Waals surface area contributed by atoms with Gasteiger partial charge in [0.15, 0.2) is 0 Å². The summed E-state index contributed by atoms with van der Waals surface area (Å²) in [6, 6.07) is 10.3. The fraction of sp³-hybridized carbons (Fsp3) is 0.286. The van der Waals surface area contributed by atoms with E-state index in [1.807, 2.05) is 0 Å². The van der Waals surface area contributed by atoms with Gasteiger partial charge >= 0.3 is 12.1 Å². The molecular formula is C21H18ClF3N2O3. The minimum Gasteiger partial charge on any atom is -0.475 e. The van der Waals surface area contributed by atoms with E-state index in [1.165, 1.54) is 18.2 Å². The highest BCUT2D eigenvalue weighted by molar-refractivity contribution is 6.38. The lowest BCUT2D eigenvalue weighted by Gasteiger charge is -2.36. The van der Waals surface area contributed by atoms with Gasteiger partial charge in [0.05, 0.1) is 16.3 Å². The van der Waals surface area contributed by atoms with E-state index in [-0.39, 0.29) is 5.76 Å². The molecule has 30 heavy (non-hydrogen) atoms. The Morgan fingerprint density at radius 1 is 1.10 bits per heavy atom. The summed E-state index contributed by atoms with van der Waals surface area (Å²) in [6.07, 6.45) is -4.35. The summed E-state index contributed by atoms with van der Waals surface area (Å²) in [4.78, 5) is 15.3. The van der Waals surface area contributed by atoms with Gasteiger partial charge in [-0.25, -0.2) is 4.79 Å². The number of benzene rings is 2. The Kier molecular flexibility index (Phi) is 5.38. The number of rotatable bonds is 4. The van der Waals surface area contributed by atoms with Gasteiger partial charge in [0.2, 0.25) is 5.76 Å². The Hall–Kier alpha value is -2.71.